The van der Waals surface area contributed by atoms with Crippen molar-refractivity contribution >= 4 is 23.9 Å². The minimum absolute atomic E-state index is 0.0123. The molecule has 3 amide bonds. The van der Waals surface area contributed by atoms with Crippen molar-refractivity contribution in [3.05, 3.63) is 29.3 Å². The number of ether oxygens (including phenoxy) is 2. The number of aromatic hydroxyl groups is 1. The van der Waals surface area contributed by atoms with Crippen molar-refractivity contribution in [1.82, 2.24) is 15.5 Å². The zero-order chi connectivity index (χ0) is 28.6. The van der Waals surface area contributed by atoms with Crippen LogP contribution in [0.5, 0.6) is 5.75 Å². The molecule has 0 spiro atoms. The number of hydrogen-bond donors (Lipinski definition) is 3. The maximum atomic E-state index is 14.1. The van der Waals surface area contributed by atoms with E-state index in [-0.39, 0.29) is 42.8 Å². The van der Waals surface area contributed by atoms with Gasteiger partial charge in [0, 0.05) is 18.2 Å². The van der Waals surface area contributed by atoms with Gasteiger partial charge < -0.3 is 30.1 Å². The molecule has 1 aliphatic rings. The van der Waals surface area contributed by atoms with Crippen LogP contribution in [0.3, 0.4) is 0 Å². The lowest BCUT2D eigenvalue weighted by Crippen LogP contribution is -2.56. The summed E-state index contributed by atoms with van der Waals surface area (Å²) in [6.07, 6.45) is 1.21. The fourth-order valence-electron chi connectivity index (χ4n) is 4.09. The monoisotopic (exact) mass is 533 g/mol. The van der Waals surface area contributed by atoms with Gasteiger partial charge in [-0.05, 0) is 58.9 Å². The molecule has 0 aliphatic heterocycles. The third-order valence-corrected chi connectivity index (χ3v) is 6.37. The van der Waals surface area contributed by atoms with E-state index in [1.54, 1.807) is 52.8 Å². The summed E-state index contributed by atoms with van der Waals surface area (Å²) in [6, 6.07) is 2.69. The van der Waals surface area contributed by atoms with E-state index in [1.165, 1.54) is 4.90 Å². The molecule has 0 saturated heterocycles. The molecule has 38 heavy (non-hydrogen) atoms. The molecular weight excluding hydrogens is 490 g/mol. The number of para-hydroxylation sites is 1. The quantitative estimate of drug-likeness (QED) is 0.348. The van der Waals surface area contributed by atoms with Crippen LogP contribution in [0.1, 0.15) is 84.4 Å². The van der Waals surface area contributed by atoms with E-state index in [4.69, 9.17) is 9.47 Å². The molecule has 0 heterocycles. The number of phenols is 1. The van der Waals surface area contributed by atoms with Crippen molar-refractivity contribution in [2.24, 2.45) is 5.92 Å². The SMILES string of the molecule is CCOC(=O)CCNC(=O)C(c1cccc(C)c1O)N(C(=O)C(NC(=O)OC(C)(C)C)C(C)CC)C1CC1. The van der Waals surface area contributed by atoms with Gasteiger partial charge in [0.2, 0.25) is 11.8 Å². The molecule has 1 saturated carbocycles. The summed E-state index contributed by atoms with van der Waals surface area (Å²) in [5.41, 5.74) is 0.0808. The van der Waals surface area contributed by atoms with E-state index < -0.39 is 41.6 Å². The van der Waals surface area contributed by atoms with Gasteiger partial charge in [-0.1, -0.05) is 38.5 Å². The van der Waals surface area contributed by atoms with Gasteiger partial charge >= 0.3 is 12.1 Å². The van der Waals surface area contributed by atoms with Gasteiger partial charge in [-0.15, -0.1) is 0 Å². The highest BCUT2D eigenvalue weighted by molar-refractivity contribution is 5.93. The zero-order valence-electron chi connectivity index (χ0n) is 23.6. The molecule has 3 atom stereocenters. The largest absolute Gasteiger partial charge is 0.507 e. The summed E-state index contributed by atoms with van der Waals surface area (Å²) in [4.78, 5) is 53.7. The summed E-state index contributed by atoms with van der Waals surface area (Å²) in [6.45, 7) is 12.6. The number of rotatable bonds is 12. The number of hydrogen-bond acceptors (Lipinski definition) is 7. The van der Waals surface area contributed by atoms with Gasteiger partial charge in [0.05, 0.1) is 13.0 Å². The van der Waals surface area contributed by atoms with Crippen LogP contribution in [-0.4, -0.2) is 64.7 Å². The summed E-state index contributed by atoms with van der Waals surface area (Å²) in [5, 5.41) is 16.4. The summed E-state index contributed by atoms with van der Waals surface area (Å²) in [7, 11) is 0. The smallest absolute Gasteiger partial charge is 0.408 e. The Morgan fingerprint density at radius 3 is 2.37 bits per heavy atom. The van der Waals surface area contributed by atoms with Crippen molar-refractivity contribution < 1.29 is 33.8 Å². The molecule has 10 heteroatoms. The molecule has 1 aliphatic carbocycles. The molecule has 212 valence electrons. The van der Waals surface area contributed by atoms with Crippen LogP contribution >= 0.6 is 0 Å². The van der Waals surface area contributed by atoms with Crippen molar-refractivity contribution in [2.75, 3.05) is 13.2 Å². The van der Waals surface area contributed by atoms with Gasteiger partial charge in [-0.2, -0.15) is 0 Å². The maximum absolute atomic E-state index is 14.1. The summed E-state index contributed by atoms with van der Waals surface area (Å²) >= 11 is 0. The highest BCUT2D eigenvalue weighted by atomic mass is 16.6. The van der Waals surface area contributed by atoms with Gasteiger partial charge in [-0.25, -0.2) is 4.79 Å². The molecule has 1 fully saturated rings. The number of nitrogens with zero attached hydrogens (tertiary/aromatic N) is 1. The Kier molecular flexibility index (Phi) is 11.0. The van der Waals surface area contributed by atoms with E-state index in [1.807, 2.05) is 13.8 Å². The van der Waals surface area contributed by atoms with E-state index in [9.17, 15) is 24.3 Å². The molecule has 0 radical (unpaired) electrons. The van der Waals surface area contributed by atoms with Crippen molar-refractivity contribution in [1.29, 1.82) is 0 Å². The number of alkyl carbamates (subject to hydrolysis) is 1. The second kappa shape index (κ2) is 13.5. The first-order valence-electron chi connectivity index (χ1n) is 13.3. The van der Waals surface area contributed by atoms with Crippen molar-refractivity contribution in [3.63, 3.8) is 0 Å². The Hall–Kier alpha value is -3.30. The van der Waals surface area contributed by atoms with Crippen LogP contribution in [0, 0.1) is 12.8 Å². The fourth-order valence-corrected chi connectivity index (χ4v) is 4.09. The maximum Gasteiger partial charge on any atom is 0.408 e. The number of aryl methyl sites for hydroxylation is 1. The van der Waals surface area contributed by atoms with Crippen LogP contribution in [0.15, 0.2) is 18.2 Å². The molecule has 2 rings (SSSR count). The Bertz CT molecular complexity index is 1000. The van der Waals surface area contributed by atoms with Gasteiger partial charge in [0.25, 0.3) is 0 Å². The number of benzene rings is 1. The lowest BCUT2D eigenvalue weighted by molar-refractivity contribution is -0.145. The van der Waals surface area contributed by atoms with E-state index in [2.05, 4.69) is 10.6 Å². The van der Waals surface area contributed by atoms with Crippen LogP contribution in [0.2, 0.25) is 0 Å². The predicted molar refractivity (Wildman–Crippen MR) is 142 cm³/mol. The number of esters is 1. The number of nitrogens with one attached hydrogen (secondary N) is 2. The third kappa shape index (κ3) is 8.63. The molecule has 1 aromatic rings. The van der Waals surface area contributed by atoms with Gasteiger partial charge in [0.1, 0.15) is 23.4 Å². The highest BCUT2D eigenvalue weighted by Crippen LogP contribution is 2.39. The average molecular weight is 534 g/mol. The predicted octanol–water partition coefficient (Wildman–Crippen LogP) is 3.74. The minimum Gasteiger partial charge on any atom is -0.507 e. The van der Waals surface area contributed by atoms with E-state index in [0.717, 1.165) is 0 Å². The number of phenolic OH excluding ortho intramolecular Hbond substituents is 1. The van der Waals surface area contributed by atoms with Crippen molar-refractivity contribution in [2.45, 2.75) is 97.9 Å². The second-order valence-electron chi connectivity index (χ2n) is 10.7. The fraction of sp³-hybridized carbons (Fsp3) is 0.643. The topological polar surface area (TPSA) is 134 Å². The standard InChI is InChI=1S/C28H43N3O7/c1-8-17(3)22(30-27(36)38-28(5,6)7)26(35)31(19-13-14-19)23(20-12-10-11-18(4)24(20)33)25(34)29-16-15-21(32)37-9-2/h10-12,17,19,22-23,33H,8-9,13-16H2,1-7H3,(H,29,34)(H,30,36). The van der Waals surface area contributed by atoms with Crippen molar-refractivity contribution in [3.8, 4) is 5.75 Å². The Morgan fingerprint density at radius 1 is 1.16 bits per heavy atom. The lowest BCUT2D eigenvalue weighted by atomic mass is 9.94. The molecule has 10 nitrogen and oxygen atoms in total. The van der Waals surface area contributed by atoms with Crippen LogP contribution in [0.4, 0.5) is 4.79 Å². The normalized spacial score (nSPS) is 15.6. The summed E-state index contributed by atoms with van der Waals surface area (Å²) in [5.74, 6) is -1.75. The number of amides is 3. The highest BCUT2D eigenvalue weighted by Gasteiger charge is 2.45. The Morgan fingerprint density at radius 2 is 1.82 bits per heavy atom. The minimum atomic E-state index is -1.16. The Balaban J connectivity index is 2.45. The lowest BCUT2D eigenvalue weighted by Gasteiger charge is -2.36. The summed E-state index contributed by atoms with van der Waals surface area (Å²) < 4.78 is 10.3. The van der Waals surface area contributed by atoms with Crippen LogP contribution in [0.25, 0.3) is 0 Å². The van der Waals surface area contributed by atoms with Gasteiger partial charge in [-0.3, -0.25) is 14.4 Å². The number of carbonyl (C=O) groups excluding carboxylic acids is 4. The van der Waals surface area contributed by atoms with Crippen LogP contribution in [-0.2, 0) is 23.9 Å². The van der Waals surface area contributed by atoms with E-state index in [0.29, 0.717) is 24.8 Å². The first-order valence-corrected chi connectivity index (χ1v) is 13.3. The molecule has 0 aromatic heterocycles. The molecular formula is C28H43N3O7. The first-order chi connectivity index (χ1) is 17.8. The molecule has 0 bridgehead atoms. The average Bonchev–Trinajstić information content (AvgIpc) is 3.66. The number of carbonyl (C=O) groups is 4. The third-order valence-electron chi connectivity index (χ3n) is 6.37. The molecule has 3 unspecified atom stereocenters. The van der Waals surface area contributed by atoms with Crippen LogP contribution < -0.4 is 10.6 Å². The second-order valence-corrected chi connectivity index (χ2v) is 10.7. The molecule has 1 aromatic carbocycles. The van der Waals surface area contributed by atoms with E-state index >= 15 is 0 Å². The Labute approximate surface area is 225 Å². The molecule has 3 N–H and O–H groups in total. The van der Waals surface area contributed by atoms with Gasteiger partial charge in [0.15, 0.2) is 0 Å². The first kappa shape index (κ1) is 30.9. The zero-order valence-corrected chi connectivity index (χ0v) is 23.6.